The van der Waals surface area contributed by atoms with Crippen LogP contribution in [0.1, 0.15) is 18.9 Å². The first kappa shape index (κ1) is 9.93. The molecule has 0 unspecified atom stereocenters. The van der Waals surface area contributed by atoms with E-state index in [4.69, 9.17) is 17.3 Å². The zero-order valence-electron chi connectivity index (χ0n) is 7.53. The zero-order valence-corrected chi connectivity index (χ0v) is 8.34. The number of aliphatic hydroxyl groups is 1. The van der Waals surface area contributed by atoms with Crippen molar-refractivity contribution in [1.29, 1.82) is 0 Å². The van der Waals surface area contributed by atoms with Gasteiger partial charge in [0.1, 0.15) is 0 Å². The van der Waals surface area contributed by atoms with Gasteiger partial charge in [0.05, 0.1) is 0 Å². The number of benzene rings is 1. The Bertz CT molecular complexity index is 314. The fraction of sp³-hybridized carbons (Fsp3) is 0.182. The Kier molecular flexibility index (Phi) is 3.65. The van der Waals surface area contributed by atoms with Crippen LogP contribution in [0.4, 0.5) is 0 Å². The Hall–Kier alpha value is -1.15. The molecule has 0 radical (unpaired) electrons. The molecule has 1 N–H and O–H groups in total. The molecule has 0 heterocycles. The van der Waals surface area contributed by atoms with E-state index in [1.807, 2.05) is 43.3 Å². The summed E-state index contributed by atoms with van der Waals surface area (Å²) in [5.74, 6) is 0. The first-order valence-corrected chi connectivity index (χ1v) is 4.63. The van der Waals surface area contributed by atoms with Crippen molar-refractivity contribution in [3.63, 3.8) is 0 Å². The minimum atomic E-state index is -0.00801. The summed E-state index contributed by atoms with van der Waals surface area (Å²) in [6.07, 6.45) is 2.66. The third-order valence-electron chi connectivity index (χ3n) is 1.80. The number of rotatable bonds is 3. The highest BCUT2D eigenvalue weighted by atomic mass is 32.1. The van der Waals surface area contributed by atoms with Crippen molar-refractivity contribution in [2.45, 2.75) is 13.3 Å². The van der Waals surface area contributed by atoms with Gasteiger partial charge in [-0.05, 0) is 30.3 Å². The van der Waals surface area contributed by atoms with E-state index in [1.54, 1.807) is 0 Å². The summed E-state index contributed by atoms with van der Waals surface area (Å²) in [7, 11) is 0. The summed E-state index contributed by atoms with van der Waals surface area (Å²) in [6.45, 7) is 1.97. The molecule has 0 saturated carbocycles. The molecular formula is C11H12OS. The van der Waals surface area contributed by atoms with Crippen LogP contribution < -0.4 is 0 Å². The Morgan fingerprint density at radius 2 is 2.00 bits per heavy atom. The fourth-order valence-electron chi connectivity index (χ4n) is 1.07. The van der Waals surface area contributed by atoms with Crippen molar-refractivity contribution in [3.05, 3.63) is 41.5 Å². The van der Waals surface area contributed by atoms with Gasteiger partial charge in [0.2, 0.25) is 0 Å². The maximum atomic E-state index is 9.14. The molecule has 1 rings (SSSR count). The van der Waals surface area contributed by atoms with Crippen molar-refractivity contribution < 1.29 is 5.11 Å². The molecule has 13 heavy (non-hydrogen) atoms. The molecule has 2 heteroatoms. The molecule has 0 amide bonds. The monoisotopic (exact) mass is 192 g/mol. The lowest BCUT2D eigenvalue weighted by atomic mass is 10.1. The van der Waals surface area contributed by atoms with Crippen molar-refractivity contribution >= 4 is 23.3 Å². The smallest absolute Gasteiger partial charge is 0.184 e. The predicted molar refractivity (Wildman–Crippen MR) is 59.9 cm³/mol. The van der Waals surface area contributed by atoms with Crippen LogP contribution in [0.3, 0.4) is 0 Å². The molecule has 0 atom stereocenters. The van der Waals surface area contributed by atoms with Gasteiger partial charge in [-0.3, -0.25) is 0 Å². The summed E-state index contributed by atoms with van der Waals surface area (Å²) in [4.78, 5) is 0. The molecule has 0 bridgehead atoms. The molecule has 0 aliphatic heterocycles. The predicted octanol–water partition coefficient (Wildman–Crippen LogP) is 3.37. The highest BCUT2D eigenvalue weighted by Crippen LogP contribution is 2.10. The number of aliphatic hydroxyl groups excluding tert-OH is 1. The average Bonchev–Trinajstić information content (AvgIpc) is 2.15. The second kappa shape index (κ2) is 4.77. The van der Waals surface area contributed by atoms with Gasteiger partial charge in [-0.1, -0.05) is 37.3 Å². The van der Waals surface area contributed by atoms with Crippen molar-refractivity contribution in [2.24, 2.45) is 0 Å². The van der Waals surface area contributed by atoms with Crippen LogP contribution in [-0.2, 0) is 0 Å². The minimum Gasteiger partial charge on any atom is -0.499 e. The van der Waals surface area contributed by atoms with Gasteiger partial charge in [0.15, 0.2) is 5.05 Å². The summed E-state index contributed by atoms with van der Waals surface area (Å²) in [5, 5.41) is 9.13. The minimum absolute atomic E-state index is 0.00801. The van der Waals surface area contributed by atoms with Crippen LogP contribution in [0.5, 0.6) is 0 Å². The highest BCUT2D eigenvalue weighted by molar-refractivity contribution is 7.80. The number of thiocarbonyl (C=S) groups is 1. The largest absolute Gasteiger partial charge is 0.499 e. The SMILES string of the molecule is CCC(=Cc1ccccc1)C(O)=S. The van der Waals surface area contributed by atoms with E-state index in [2.05, 4.69) is 0 Å². The van der Waals surface area contributed by atoms with Crippen LogP contribution in [0.15, 0.2) is 35.9 Å². The summed E-state index contributed by atoms with van der Waals surface area (Å²) >= 11 is 4.70. The van der Waals surface area contributed by atoms with E-state index in [0.29, 0.717) is 0 Å². The Morgan fingerprint density at radius 3 is 2.46 bits per heavy atom. The Labute approximate surface area is 83.7 Å². The summed E-state index contributed by atoms with van der Waals surface area (Å²) in [5.41, 5.74) is 1.87. The van der Waals surface area contributed by atoms with Crippen LogP contribution in [0.25, 0.3) is 6.08 Å². The van der Waals surface area contributed by atoms with Crippen molar-refractivity contribution in [3.8, 4) is 0 Å². The maximum Gasteiger partial charge on any atom is 0.184 e. The van der Waals surface area contributed by atoms with Crippen molar-refractivity contribution in [1.82, 2.24) is 0 Å². The van der Waals surface area contributed by atoms with E-state index in [1.165, 1.54) is 0 Å². The van der Waals surface area contributed by atoms with Crippen LogP contribution in [0.2, 0.25) is 0 Å². The van der Waals surface area contributed by atoms with Gasteiger partial charge < -0.3 is 5.11 Å². The topological polar surface area (TPSA) is 20.2 Å². The summed E-state index contributed by atoms with van der Waals surface area (Å²) < 4.78 is 0. The van der Waals surface area contributed by atoms with Crippen LogP contribution >= 0.6 is 12.2 Å². The average molecular weight is 192 g/mol. The molecule has 0 aliphatic rings. The summed E-state index contributed by atoms with van der Waals surface area (Å²) in [6, 6.07) is 9.83. The maximum absolute atomic E-state index is 9.14. The van der Waals surface area contributed by atoms with E-state index < -0.39 is 0 Å². The number of hydrogen-bond donors (Lipinski definition) is 1. The van der Waals surface area contributed by atoms with Crippen molar-refractivity contribution in [2.75, 3.05) is 0 Å². The first-order chi connectivity index (χ1) is 6.24. The zero-order chi connectivity index (χ0) is 9.68. The lowest BCUT2D eigenvalue weighted by Crippen LogP contribution is -1.95. The third kappa shape index (κ3) is 2.99. The number of hydrogen-bond acceptors (Lipinski definition) is 1. The molecule has 0 aromatic heterocycles. The molecule has 1 aromatic rings. The lowest BCUT2D eigenvalue weighted by molar-refractivity contribution is 0.567. The molecule has 0 spiro atoms. The normalized spacial score (nSPS) is 11.3. The van der Waals surface area contributed by atoms with Crippen LogP contribution in [0, 0.1) is 0 Å². The van der Waals surface area contributed by atoms with Gasteiger partial charge in [-0.25, -0.2) is 0 Å². The lowest BCUT2D eigenvalue weighted by Gasteiger charge is -1.99. The molecular weight excluding hydrogens is 180 g/mol. The molecule has 0 aliphatic carbocycles. The van der Waals surface area contributed by atoms with Gasteiger partial charge in [0.25, 0.3) is 0 Å². The van der Waals surface area contributed by atoms with Gasteiger partial charge in [0, 0.05) is 5.57 Å². The van der Waals surface area contributed by atoms with E-state index in [9.17, 15) is 0 Å². The highest BCUT2D eigenvalue weighted by Gasteiger charge is 1.98. The molecule has 1 aromatic carbocycles. The van der Waals surface area contributed by atoms with E-state index in [0.717, 1.165) is 17.6 Å². The molecule has 0 fully saturated rings. The van der Waals surface area contributed by atoms with E-state index >= 15 is 0 Å². The van der Waals surface area contributed by atoms with Gasteiger partial charge >= 0.3 is 0 Å². The quantitative estimate of drug-likeness (QED) is 0.585. The molecule has 1 nitrogen and oxygen atoms in total. The van der Waals surface area contributed by atoms with E-state index in [-0.39, 0.29) is 5.05 Å². The Balaban J connectivity index is 2.92. The van der Waals surface area contributed by atoms with Gasteiger partial charge in [-0.2, -0.15) is 0 Å². The second-order valence-corrected chi connectivity index (χ2v) is 3.13. The first-order valence-electron chi connectivity index (χ1n) is 4.23. The third-order valence-corrected chi connectivity index (χ3v) is 2.06. The fourth-order valence-corrected chi connectivity index (χ4v) is 1.27. The molecule has 0 saturated heterocycles. The Morgan fingerprint density at radius 1 is 1.38 bits per heavy atom. The standard InChI is InChI=1S/C11H12OS/c1-2-10(11(12)13)8-9-6-4-3-5-7-9/h3-8H,2H2,1H3,(H,12,13). The van der Waals surface area contributed by atoms with Crippen LogP contribution in [-0.4, -0.2) is 10.2 Å². The van der Waals surface area contributed by atoms with Gasteiger partial charge in [-0.15, -0.1) is 0 Å². The molecule has 68 valence electrons. The second-order valence-electron chi connectivity index (χ2n) is 2.74.